The topological polar surface area (TPSA) is 46.2 Å². The molecule has 0 aliphatic rings. The van der Waals surface area contributed by atoms with Crippen molar-refractivity contribution in [3.8, 4) is 0 Å². The number of hydrogen-bond acceptors (Lipinski definition) is 2. The summed E-state index contributed by atoms with van der Waals surface area (Å²) >= 11 is 9.07. The summed E-state index contributed by atoms with van der Waals surface area (Å²) in [5.41, 5.74) is 0. The van der Waals surface area contributed by atoms with Gasteiger partial charge in [-0.15, -0.1) is 0 Å². The number of rotatable bonds is 4. The second kappa shape index (κ2) is 5.30. The highest BCUT2D eigenvalue weighted by molar-refractivity contribution is 9.10. The van der Waals surface area contributed by atoms with Crippen LogP contribution in [0.4, 0.5) is 0 Å². The molecule has 0 aliphatic carbocycles. The van der Waals surface area contributed by atoms with Gasteiger partial charge in [-0.1, -0.05) is 24.6 Å². The average Bonchev–Trinajstić information content (AvgIpc) is 2.19. The van der Waals surface area contributed by atoms with Crippen molar-refractivity contribution < 1.29 is 8.42 Å². The van der Waals surface area contributed by atoms with Gasteiger partial charge in [-0.2, -0.15) is 0 Å². The van der Waals surface area contributed by atoms with Gasteiger partial charge in [-0.05, 0) is 34.5 Å². The zero-order valence-electron chi connectivity index (χ0n) is 8.13. The standard InChI is InChI=1S/C9H11BrClNO2S/c1-2-6-12-15(13,14)8-5-3-4-7(10)9(8)11/h3-5,12H,2,6H2,1H3. The Morgan fingerprint density at radius 1 is 1.47 bits per heavy atom. The summed E-state index contributed by atoms with van der Waals surface area (Å²) in [5, 5.41) is 0.209. The van der Waals surface area contributed by atoms with Crippen LogP contribution in [0.25, 0.3) is 0 Å². The number of sulfonamides is 1. The second-order valence-electron chi connectivity index (χ2n) is 2.95. The Hall–Kier alpha value is -0.100. The van der Waals surface area contributed by atoms with Gasteiger partial charge in [0.05, 0.1) is 5.02 Å². The number of hydrogen-bond donors (Lipinski definition) is 1. The van der Waals surface area contributed by atoms with E-state index in [2.05, 4.69) is 20.7 Å². The molecule has 0 atom stereocenters. The van der Waals surface area contributed by atoms with Crippen LogP contribution in [0.3, 0.4) is 0 Å². The molecule has 1 rings (SSSR count). The minimum Gasteiger partial charge on any atom is -0.211 e. The maximum atomic E-state index is 11.7. The predicted octanol–water partition coefficient (Wildman–Crippen LogP) is 2.79. The molecule has 1 aromatic rings. The molecule has 0 saturated heterocycles. The molecule has 3 nitrogen and oxygen atoms in total. The van der Waals surface area contributed by atoms with Gasteiger partial charge in [-0.25, -0.2) is 13.1 Å². The molecule has 0 aromatic heterocycles. The fraction of sp³-hybridized carbons (Fsp3) is 0.333. The van der Waals surface area contributed by atoms with Crippen molar-refractivity contribution in [1.29, 1.82) is 0 Å². The third kappa shape index (κ3) is 3.17. The lowest BCUT2D eigenvalue weighted by Crippen LogP contribution is -2.24. The lowest BCUT2D eigenvalue weighted by atomic mass is 10.4. The van der Waals surface area contributed by atoms with Crippen molar-refractivity contribution >= 4 is 37.6 Å². The first-order chi connectivity index (χ1) is 6.99. The molecule has 0 unspecified atom stereocenters. The van der Waals surface area contributed by atoms with Gasteiger partial charge in [0.2, 0.25) is 10.0 Å². The van der Waals surface area contributed by atoms with Crippen LogP contribution < -0.4 is 4.72 Å². The maximum Gasteiger partial charge on any atom is 0.242 e. The maximum absolute atomic E-state index is 11.7. The Bertz CT molecular complexity index is 447. The fourth-order valence-corrected chi connectivity index (χ4v) is 3.17. The fourth-order valence-electron chi connectivity index (χ4n) is 1.01. The van der Waals surface area contributed by atoms with Gasteiger partial charge >= 0.3 is 0 Å². The van der Waals surface area contributed by atoms with Crippen LogP contribution in [0.5, 0.6) is 0 Å². The third-order valence-electron chi connectivity index (χ3n) is 1.75. The van der Waals surface area contributed by atoms with Gasteiger partial charge in [0, 0.05) is 11.0 Å². The molecule has 1 N–H and O–H groups in total. The van der Waals surface area contributed by atoms with Crippen molar-refractivity contribution in [2.24, 2.45) is 0 Å². The lowest BCUT2D eigenvalue weighted by molar-refractivity contribution is 0.581. The van der Waals surface area contributed by atoms with Crippen molar-refractivity contribution in [3.05, 3.63) is 27.7 Å². The van der Waals surface area contributed by atoms with E-state index in [9.17, 15) is 8.42 Å². The Kier molecular flexibility index (Phi) is 4.58. The van der Waals surface area contributed by atoms with Crippen molar-refractivity contribution in [1.82, 2.24) is 4.72 Å². The van der Waals surface area contributed by atoms with E-state index in [4.69, 9.17) is 11.6 Å². The normalized spacial score (nSPS) is 11.7. The first-order valence-electron chi connectivity index (χ1n) is 4.42. The largest absolute Gasteiger partial charge is 0.242 e. The summed E-state index contributed by atoms with van der Waals surface area (Å²) in [6.45, 7) is 2.30. The molecule has 0 heterocycles. The second-order valence-corrected chi connectivity index (χ2v) is 5.92. The third-order valence-corrected chi connectivity index (χ3v) is 4.66. The van der Waals surface area contributed by atoms with Crippen molar-refractivity contribution in [2.45, 2.75) is 18.2 Å². The van der Waals surface area contributed by atoms with E-state index in [0.29, 0.717) is 11.0 Å². The quantitative estimate of drug-likeness (QED) is 0.929. The smallest absolute Gasteiger partial charge is 0.211 e. The summed E-state index contributed by atoms with van der Waals surface area (Å²) in [5.74, 6) is 0. The molecular formula is C9H11BrClNO2S. The molecule has 1 aromatic carbocycles. The average molecular weight is 313 g/mol. The molecular weight excluding hydrogens is 302 g/mol. The lowest BCUT2D eigenvalue weighted by Gasteiger charge is -2.07. The SMILES string of the molecule is CCCNS(=O)(=O)c1cccc(Br)c1Cl. The van der Waals surface area contributed by atoms with E-state index >= 15 is 0 Å². The zero-order valence-corrected chi connectivity index (χ0v) is 11.3. The highest BCUT2D eigenvalue weighted by Crippen LogP contribution is 2.28. The van der Waals surface area contributed by atoms with Crippen LogP contribution in [-0.4, -0.2) is 15.0 Å². The summed E-state index contributed by atoms with van der Waals surface area (Å²) in [6, 6.07) is 4.81. The van der Waals surface area contributed by atoms with Gasteiger partial charge in [0.15, 0.2) is 0 Å². The van der Waals surface area contributed by atoms with Crippen LogP contribution in [0.1, 0.15) is 13.3 Å². The van der Waals surface area contributed by atoms with Gasteiger partial charge in [0.25, 0.3) is 0 Å². The molecule has 84 valence electrons. The summed E-state index contributed by atoms with van der Waals surface area (Å²) in [7, 11) is -3.49. The molecule has 0 amide bonds. The van der Waals surface area contributed by atoms with Crippen LogP contribution in [0.2, 0.25) is 5.02 Å². The minimum absolute atomic E-state index is 0.104. The van der Waals surface area contributed by atoms with Gasteiger partial charge in [0.1, 0.15) is 4.90 Å². The molecule has 0 spiro atoms. The first kappa shape index (κ1) is 13.0. The van der Waals surface area contributed by atoms with Crippen LogP contribution in [0, 0.1) is 0 Å². The van der Waals surface area contributed by atoms with E-state index < -0.39 is 10.0 Å². The van der Waals surface area contributed by atoms with E-state index in [0.717, 1.165) is 6.42 Å². The Morgan fingerprint density at radius 3 is 2.73 bits per heavy atom. The van der Waals surface area contributed by atoms with Crippen molar-refractivity contribution in [2.75, 3.05) is 6.54 Å². The van der Waals surface area contributed by atoms with E-state index in [-0.39, 0.29) is 9.92 Å². The summed E-state index contributed by atoms with van der Waals surface area (Å²) in [4.78, 5) is 0.104. The number of nitrogens with one attached hydrogen (secondary N) is 1. The molecule has 15 heavy (non-hydrogen) atoms. The zero-order chi connectivity index (χ0) is 11.5. The molecule has 0 saturated carbocycles. The Balaban J connectivity index is 3.10. The Morgan fingerprint density at radius 2 is 2.13 bits per heavy atom. The highest BCUT2D eigenvalue weighted by atomic mass is 79.9. The monoisotopic (exact) mass is 311 g/mol. The van der Waals surface area contributed by atoms with Crippen LogP contribution in [0.15, 0.2) is 27.6 Å². The molecule has 0 bridgehead atoms. The summed E-state index contributed by atoms with van der Waals surface area (Å²) < 4.78 is 26.5. The highest BCUT2D eigenvalue weighted by Gasteiger charge is 2.18. The van der Waals surface area contributed by atoms with Crippen LogP contribution in [-0.2, 0) is 10.0 Å². The predicted molar refractivity (Wildman–Crippen MR) is 64.6 cm³/mol. The van der Waals surface area contributed by atoms with Crippen LogP contribution >= 0.6 is 27.5 Å². The van der Waals surface area contributed by atoms with E-state index in [1.54, 1.807) is 12.1 Å². The number of halogens is 2. The van der Waals surface area contributed by atoms with Gasteiger partial charge in [-0.3, -0.25) is 0 Å². The molecule has 6 heteroatoms. The summed E-state index contributed by atoms with van der Waals surface area (Å²) in [6.07, 6.45) is 0.741. The molecule has 0 radical (unpaired) electrons. The van der Waals surface area contributed by atoms with E-state index in [1.165, 1.54) is 6.07 Å². The Labute approximate surface area is 103 Å². The molecule has 0 aliphatic heterocycles. The first-order valence-corrected chi connectivity index (χ1v) is 7.08. The van der Waals surface area contributed by atoms with E-state index in [1.807, 2.05) is 6.92 Å². The van der Waals surface area contributed by atoms with Gasteiger partial charge < -0.3 is 0 Å². The van der Waals surface area contributed by atoms with Crippen molar-refractivity contribution in [3.63, 3.8) is 0 Å². The number of benzene rings is 1. The minimum atomic E-state index is -3.49. The molecule has 0 fully saturated rings.